The van der Waals surface area contributed by atoms with E-state index in [9.17, 15) is 4.79 Å². The van der Waals surface area contributed by atoms with Crippen LogP contribution in [-0.2, 0) is 4.79 Å². The summed E-state index contributed by atoms with van der Waals surface area (Å²) in [6.07, 6.45) is 0.627. The molecule has 5 heteroatoms. The second-order valence-corrected chi connectivity index (χ2v) is 3.00. The number of para-hydroxylation sites is 1. The number of hydrazine groups is 1. The molecule has 0 heterocycles. The number of nitrogens with two attached hydrogens (primary N) is 1. The highest BCUT2D eigenvalue weighted by Crippen LogP contribution is 2.02. The number of rotatable bonds is 4. The van der Waals surface area contributed by atoms with Crippen molar-refractivity contribution < 1.29 is 4.79 Å². The van der Waals surface area contributed by atoms with Crippen molar-refractivity contribution in [3.8, 4) is 0 Å². The van der Waals surface area contributed by atoms with Gasteiger partial charge < -0.3 is 5.73 Å². The van der Waals surface area contributed by atoms with E-state index in [0.717, 1.165) is 5.69 Å². The summed E-state index contributed by atoms with van der Waals surface area (Å²) in [5.41, 5.74) is 11.7. The maximum Gasteiger partial charge on any atom is 0.255 e. The van der Waals surface area contributed by atoms with Gasteiger partial charge in [-0.1, -0.05) is 25.1 Å². The Morgan fingerprint density at radius 1 is 1.40 bits per heavy atom. The van der Waals surface area contributed by atoms with E-state index >= 15 is 0 Å². The number of carbonyl (C=O) groups excluding carboxylic acids is 1. The molecular formula is C10H16ClN3O. The Labute approximate surface area is 95.6 Å². The fraction of sp³-hybridized carbons (Fsp3) is 0.300. The first-order chi connectivity index (χ1) is 6.74. The Hall–Kier alpha value is -1.26. The van der Waals surface area contributed by atoms with Crippen LogP contribution in [0.2, 0.25) is 0 Å². The normalized spacial score (nSPS) is 11.1. The number of halogens is 1. The lowest BCUT2D eigenvalue weighted by Gasteiger charge is -2.11. The van der Waals surface area contributed by atoms with Crippen LogP contribution in [-0.4, -0.2) is 11.9 Å². The van der Waals surface area contributed by atoms with Crippen molar-refractivity contribution in [2.75, 3.05) is 5.43 Å². The summed E-state index contributed by atoms with van der Waals surface area (Å²) in [6, 6.07) is 8.94. The highest BCUT2D eigenvalue weighted by molar-refractivity contribution is 5.85. The lowest BCUT2D eigenvalue weighted by molar-refractivity contribution is -0.121. The fourth-order valence-corrected chi connectivity index (χ4v) is 0.933. The quantitative estimate of drug-likeness (QED) is 0.682. The summed E-state index contributed by atoms with van der Waals surface area (Å²) >= 11 is 0. The molecule has 0 aliphatic carbocycles. The molecule has 1 amide bonds. The minimum absolute atomic E-state index is 0. The van der Waals surface area contributed by atoms with Gasteiger partial charge in [-0.2, -0.15) is 0 Å². The van der Waals surface area contributed by atoms with Crippen LogP contribution in [0.1, 0.15) is 13.3 Å². The van der Waals surface area contributed by atoms with E-state index in [-0.39, 0.29) is 18.3 Å². The molecule has 1 aromatic carbocycles. The Morgan fingerprint density at radius 2 is 2.00 bits per heavy atom. The lowest BCUT2D eigenvalue weighted by Crippen LogP contribution is -2.42. The highest BCUT2D eigenvalue weighted by Gasteiger charge is 2.09. The first-order valence-electron chi connectivity index (χ1n) is 4.60. The smallest absolute Gasteiger partial charge is 0.255 e. The van der Waals surface area contributed by atoms with Gasteiger partial charge in [0.05, 0.1) is 11.7 Å². The predicted octanol–water partition coefficient (Wildman–Crippen LogP) is 1.29. The molecule has 1 atom stereocenters. The van der Waals surface area contributed by atoms with E-state index in [1.807, 2.05) is 37.3 Å². The fourth-order valence-electron chi connectivity index (χ4n) is 0.933. The van der Waals surface area contributed by atoms with Crippen LogP contribution in [0.4, 0.5) is 5.69 Å². The average Bonchev–Trinajstić information content (AvgIpc) is 2.26. The minimum Gasteiger partial charge on any atom is -0.320 e. The summed E-state index contributed by atoms with van der Waals surface area (Å²) in [5.74, 6) is -0.198. The molecule has 0 aliphatic heterocycles. The number of amides is 1. The Kier molecular flexibility index (Phi) is 6.49. The molecule has 1 aromatic rings. The van der Waals surface area contributed by atoms with Crippen molar-refractivity contribution in [1.82, 2.24) is 5.43 Å². The largest absolute Gasteiger partial charge is 0.320 e. The van der Waals surface area contributed by atoms with E-state index in [0.29, 0.717) is 6.42 Å². The molecule has 0 saturated heterocycles. The van der Waals surface area contributed by atoms with Crippen molar-refractivity contribution in [2.45, 2.75) is 19.4 Å². The molecule has 0 aromatic heterocycles. The summed E-state index contributed by atoms with van der Waals surface area (Å²) < 4.78 is 0. The van der Waals surface area contributed by atoms with Gasteiger partial charge in [0.25, 0.3) is 5.91 Å². The summed E-state index contributed by atoms with van der Waals surface area (Å²) in [6.45, 7) is 1.87. The number of hydrogen-bond donors (Lipinski definition) is 3. The second kappa shape index (κ2) is 7.09. The summed E-state index contributed by atoms with van der Waals surface area (Å²) in [5, 5.41) is 0. The lowest BCUT2D eigenvalue weighted by atomic mass is 10.2. The molecule has 15 heavy (non-hydrogen) atoms. The molecule has 0 aliphatic rings. The van der Waals surface area contributed by atoms with Gasteiger partial charge in [-0.15, -0.1) is 12.4 Å². The molecule has 0 spiro atoms. The Balaban J connectivity index is 0.00000196. The first kappa shape index (κ1) is 13.7. The van der Waals surface area contributed by atoms with Gasteiger partial charge in [0.1, 0.15) is 0 Å². The number of benzene rings is 1. The van der Waals surface area contributed by atoms with Gasteiger partial charge in [0.2, 0.25) is 0 Å². The molecule has 4 nitrogen and oxygen atoms in total. The van der Waals surface area contributed by atoms with Gasteiger partial charge in [0.15, 0.2) is 0 Å². The molecule has 1 rings (SSSR count). The molecule has 0 radical (unpaired) electrons. The zero-order chi connectivity index (χ0) is 10.4. The van der Waals surface area contributed by atoms with E-state index in [2.05, 4.69) is 10.9 Å². The van der Waals surface area contributed by atoms with Crippen molar-refractivity contribution in [1.29, 1.82) is 0 Å². The van der Waals surface area contributed by atoms with E-state index in [1.165, 1.54) is 0 Å². The third-order valence-electron chi connectivity index (χ3n) is 1.88. The van der Waals surface area contributed by atoms with Crippen LogP contribution < -0.4 is 16.6 Å². The zero-order valence-electron chi connectivity index (χ0n) is 8.57. The molecule has 4 N–H and O–H groups in total. The van der Waals surface area contributed by atoms with Gasteiger partial charge in [-0.05, 0) is 18.6 Å². The van der Waals surface area contributed by atoms with Crippen LogP contribution in [0.5, 0.6) is 0 Å². The van der Waals surface area contributed by atoms with E-state index in [4.69, 9.17) is 5.73 Å². The van der Waals surface area contributed by atoms with Crippen molar-refractivity contribution in [2.24, 2.45) is 5.73 Å². The van der Waals surface area contributed by atoms with Crippen LogP contribution >= 0.6 is 12.4 Å². The zero-order valence-corrected chi connectivity index (χ0v) is 9.38. The predicted molar refractivity (Wildman–Crippen MR) is 63.7 cm³/mol. The second-order valence-electron chi connectivity index (χ2n) is 3.00. The number of hydrogen-bond acceptors (Lipinski definition) is 3. The monoisotopic (exact) mass is 229 g/mol. The molecule has 0 unspecified atom stereocenters. The van der Waals surface area contributed by atoms with Crippen molar-refractivity contribution >= 4 is 24.0 Å². The number of nitrogens with one attached hydrogen (secondary N) is 2. The van der Waals surface area contributed by atoms with Gasteiger partial charge >= 0.3 is 0 Å². The topological polar surface area (TPSA) is 67.2 Å². The van der Waals surface area contributed by atoms with Crippen LogP contribution in [0.3, 0.4) is 0 Å². The first-order valence-corrected chi connectivity index (χ1v) is 4.60. The molecule has 0 bridgehead atoms. The number of anilines is 1. The van der Waals surface area contributed by atoms with E-state index in [1.54, 1.807) is 0 Å². The Morgan fingerprint density at radius 3 is 2.53 bits per heavy atom. The SMILES string of the molecule is CC[C@@H](N)C(=O)NNc1ccccc1.Cl. The maximum absolute atomic E-state index is 11.2. The maximum atomic E-state index is 11.2. The minimum atomic E-state index is -0.453. The average molecular weight is 230 g/mol. The third-order valence-corrected chi connectivity index (χ3v) is 1.88. The molecule has 0 saturated carbocycles. The highest BCUT2D eigenvalue weighted by atomic mass is 35.5. The molecule has 0 fully saturated rings. The standard InChI is InChI=1S/C10H15N3O.ClH/c1-2-9(11)10(14)13-12-8-6-4-3-5-7-8;/h3-7,9,12H,2,11H2,1H3,(H,13,14);1H/t9-;/m1./s1. The van der Waals surface area contributed by atoms with Gasteiger partial charge in [-0.3, -0.25) is 15.6 Å². The van der Waals surface area contributed by atoms with Crippen molar-refractivity contribution in [3.05, 3.63) is 30.3 Å². The van der Waals surface area contributed by atoms with Gasteiger partial charge in [-0.25, -0.2) is 0 Å². The molecule has 84 valence electrons. The third kappa shape index (κ3) is 4.67. The van der Waals surface area contributed by atoms with Crippen molar-refractivity contribution in [3.63, 3.8) is 0 Å². The van der Waals surface area contributed by atoms with Crippen LogP contribution in [0.25, 0.3) is 0 Å². The van der Waals surface area contributed by atoms with Crippen LogP contribution in [0, 0.1) is 0 Å². The van der Waals surface area contributed by atoms with Gasteiger partial charge in [0, 0.05) is 0 Å². The summed E-state index contributed by atoms with van der Waals surface area (Å²) in [4.78, 5) is 11.2. The van der Waals surface area contributed by atoms with E-state index < -0.39 is 6.04 Å². The number of carbonyl (C=O) groups is 1. The molecular weight excluding hydrogens is 214 g/mol. The van der Waals surface area contributed by atoms with Crippen LogP contribution in [0.15, 0.2) is 30.3 Å². The summed E-state index contributed by atoms with van der Waals surface area (Å²) in [7, 11) is 0. The Bertz CT molecular complexity index is 292.